The number of carbonyl (C=O) groups is 2. The lowest BCUT2D eigenvalue weighted by Gasteiger charge is -2.14. The van der Waals surface area contributed by atoms with Crippen LogP contribution in [0.1, 0.15) is 27.2 Å². The average molecular weight is 306 g/mol. The maximum absolute atomic E-state index is 11.9. The van der Waals surface area contributed by atoms with Gasteiger partial charge in [0, 0.05) is 12.1 Å². The number of nitrogens with zero attached hydrogens (tertiary/aromatic N) is 1. The molecule has 0 radical (unpaired) electrons. The standard InChI is InChI=1S/C16H22N2O4/c1-4-21-15(19)14(16(20)22-5-2)11-12(3)17-18-13-9-7-6-8-10-13/h6-10,14,18H,4-5,11H2,1-3H3. The Bertz CT molecular complexity index is 496. The van der Waals surface area contributed by atoms with E-state index in [1.807, 2.05) is 30.3 Å². The van der Waals surface area contributed by atoms with Crippen LogP contribution in [0.25, 0.3) is 0 Å². The highest BCUT2D eigenvalue weighted by Gasteiger charge is 2.30. The largest absolute Gasteiger partial charge is 0.465 e. The Hall–Kier alpha value is -2.37. The van der Waals surface area contributed by atoms with Crippen LogP contribution in [0.4, 0.5) is 5.69 Å². The van der Waals surface area contributed by atoms with Gasteiger partial charge in [0.2, 0.25) is 0 Å². The molecular weight excluding hydrogens is 284 g/mol. The Labute approximate surface area is 130 Å². The smallest absolute Gasteiger partial charge is 0.320 e. The Morgan fingerprint density at radius 1 is 1.09 bits per heavy atom. The van der Waals surface area contributed by atoms with Gasteiger partial charge in [-0.3, -0.25) is 15.0 Å². The summed E-state index contributed by atoms with van der Waals surface area (Å²) in [5.41, 5.74) is 4.31. The number of rotatable bonds is 8. The fraction of sp³-hybridized carbons (Fsp3) is 0.438. The fourth-order valence-corrected chi connectivity index (χ4v) is 1.76. The van der Waals surface area contributed by atoms with Crippen molar-refractivity contribution < 1.29 is 19.1 Å². The molecule has 0 aliphatic carbocycles. The van der Waals surface area contributed by atoms with Crippen LogP contribution < -0.4 is 5.43 Å². The number of para-hydroxylation sites is 1. The Balaban J connectivity index is 2.70. The third kappa shape index (κ3) is 5.95. The van der Waals surface area contributed by atoms with E-state index in [0.29, 0.717) is 5.71 Å². The summed E-state index contributed by atoms with van der Waals surface area (Å²) in [6.07, 6.45) is 0.150. The van der Waals surface area contributed by atoms with E-state index in [1.165, 1.54) is 0 Å². The van der Waals surface area contributed by atoms with Crippen LogP contribution in [0.2, 0.25) is 0 Å². The zero-order chi connectivity index (χ0) is 16.4. The normalized spacial score (nSPS) is 11.2. The van der Waals surface area contributed by atoms with E-state index in [2.05, 4.69) is 10.5 Å². The van der Waals surface area contributed by atoms with E-state index in [1.54, 1.807) is 20.8 Å². The maximum atomic E-state index is 11.9. The van der Waals surface area contributed by atoms with Crippen molar-refractivity contribution >= 4 is 23.3 Å². The summed E-state index contributed by atoms with van der Waals surface area (Å²) in [5.74, 6) is -2.16. The van der Waals surface area contributed by atoms with Crippen LogP contribution in [0.3, 0.4) is 0 Å². The zero-order valence-electron chi connectivity index (χ0n) is 13.2. The van der Waals surface area contributed by atoms with Gasteiger partial charge in [-0.25, -0.2) is 0 Å². The molecule has 0 aliphatic heterocycles. The van der Waals surface area contributed by atoms with E-state index < -0.39 is 17.9 Å². The fourth-order valence-electron chi connectivity index (χ4n) is 1.76. The molecule has 1 N–H and O–H groups in total. The maximum Gasteiger partial charge on any atom is 0.320 e. The van der Waals surface area contributed by atoms with Crippen molar-refractivity contribution in [3.63, 3.8) is 0 Å². The van der Waals surface area contributed by atoms with E-state index >= 15 is 0 Å². The van der Waals surface area contributed by atoms with Gasteiger partial charge in [0.05, 0.1) is 18.9 Å². The lowest BCUT2D eigenvalue weighted by Crippen LogP contribution is -2.30. The van der Waals surface area contributed by atoms with Crippen LogP contribution in [0.15, 0.2) is 35.4 Å². The molecular formula is C16H22N2O4. The second-order valence-electron chi connectivity index (χ2n) is 4.59. The number of hydrazone groups is 1. The molecule has 6 heteroatoms. The number of ether oxygens (including phenoxy) is 2. The van der Waals surface area contributed by atoms with E-state index in [9.17, 15) is 9.59 Å². The van der Waals surface area contributed by atoms with Crippen molar-refractivity contribution in [2.45, 2.75) is 27.2 Å². The van der Waals surface area contributed by atoms with Crippen LogP contribution >= 0.6 is 0 Å². The summed E-state index contributed by atoms with van der Waals surface area (Å²) in [6, 6.07) is 9.40. The minimum absolute atomic E-state index is 0.150. The highest BCUT2D eigenvalue weighted by atomic mass is 16.6. The van der Waals surface area contributed by atoms with Crippen LogP contribution in [-0.2, 0) is 19.1 Å². The Morgan fingerprint density at radius 2 is 1.64 bits per heavy atom. The Morgan fingerprint density at radius 3 is 2.14 bits per heavy atom. The summed E-state index contributed by atoms with van der Waals surface area (Å²) < 4.78 is 9.84. The van der Waals surface area contributed by atoms with E-state index in [-0.39, 0.29) is 19.6 Å². The zero-order valence-corrected chi connectivity index (χ0v) is 13.2. The first-order chi connectivity index (χ1) is 10.6. The van der Waals surface area contributed by atoms with Gasteiger partial charge in [-0.15, -0.1) is 0 Å². The molecule has 0 amide bonds. The topological polar surface area (TPSA) is 77.0 Å². The van der Waals surface area contributed by atoms with Gasteiger partial charge in [-0.2, -0.15) is 5.10 Å². The van der Waals surface area contributed by atoms with Crippen molar-refractivity contribution in [2.75, 3.05) is 18.6 Å². The number of hydrogen-bond acceptors (Lipinski definition) is 6. The predicted octanol–water partition coefficient (Wildman–Crippen LogP) is 2.61. The molecule has 0 heterocycles. The molecule has 0 bridgehead atoms. The van der Waals surface area contributed by atoms with Gasteiger partial charge in [-0.1, -0.05) is 18.2 Å². The lowest BCUT2D eigenvalue weighted by atomic mass is 10.0. The second kappa shape index (κ2) is 9.55. The summed E-state index contributed by atoms with van der Waals surface area (Å²) in [6.45, 7) is 5.55. The third-order valence-electron chi connectivity index (χ3n) is 2.79. The first kappa shape index (κ1) is 17.7. The molecule has 1 rings (SSSR count). The van der Waals surface area contributed by atoms with Gasteiger partial charge in [0.1, 0.15) is 0 Å². The molecule has 6 nitrogen and oxygen atoms in total. The first-order valence-corrected chi connectivity index (χ1v) is 7.26. The van der Waals surface area contributed by atoms with E-state index in [4.69, 9.17) is 9.47 Å². The number of carbonyl (C=O) groups excluding carboxylic acids is 2. The van der Waals surface area contributed by atoms with Gasteiger partial charge in [-0.05, 0) is 32.9 Å². The molecule has 0 saturated heterocycles. The van der Waals surface area contributed by atoms with E-state index in [0.717, 1.165) is 5.69 Å². The summed E-state index contributed by atoms with van der Waals surface area (Å²) in [7, 11) is 0. The Kier molecular flexibility index (Phi) is 7.67. The van der Waals surface area contributed by atoms with Crippen LogP contribution in [0, 0.1) is 5.92 Å². The minimum atomic E-state index is -0.985. The van der Waals surface area contributed by atoms with Gasteiger partial charge < -0.3 is 9.47 Å². The monoisotopic (exact) mass is 306 g/mol. The van der Waals surface area contributed by atoms with Crippen LogP contribution in [-0.4, -0.2) is 30.9 Å². The molecule has 22 heavy (non-hydrogen) atoms. The third-order valence-corrected chi connectivity index (χ3v) is 2.79. The molecule has 1 aromatic rings. The number of esters is 2. The summed E-state index contributed by atoms with van der Waals surface area (Å²) in [4.78, 5) is 23.7. The summed E-state index contributed by atoms with van der Waals surface area (Å²) in [5, 5.41) is 4.17. The molecule has 0 unspecified atom stereocenters. The number of anilines is 1. The van der Waals surface area contributed by atoms with Crippen molar-refractivity contribution in [2.24, 2.45) is 11.0 Å². The first-order valence-electron chi connectivity index (χ1n) is 7.26. The van der Waals surface area contributed by atoms with Crippen LogP contribution in [0.5, 0.6) is 0 Å². The van der Waals surface area contributed by atoms with Gasteiger partial charge in [0.15, 0.2) is 5.92 Å². The molecule has 0 aromatic heterocycles. The van der Waals surface area contributed by atoms with Crippen molar-refractivity contribution in [1.82, 2.24) is 0 Å². The van der Waals surface area contributed by atoms with Gasteiger partial charge >= 0.3 is 11.9 Å². The summed E-state index contributed by atoms with van der Waals surface area (Å²) >= 11 is 0. The minimum Gasteiger partial charge on any atom is -0.465 e. The second-order valence-corrected chi connectivity index (χ2v) is 4.59. The molecule has 120 valence electrons. The van der Waals surface area contributed by atoms with Gasteiger partial charge in [0.25, 0.3) is 0 Å². The average Bonchev–Trinajstić information content (AvgIpc) is 2.52. The lowest BCUT2D eigenvalue weighted by molar-refractivity contribution is -0.161. The highest BCUT2D eigenvalue weighted by molar-refractivity contribution is 6.00. The molecule has 1 aromatic carbocycles. The van der Waals surface area contributed by atoms with Crippen molar-refractivity contribution in [3.8, 4) is 0 Å². The molecule has 0 atom stereocenters. The number of hydrogen-bond donors (Lipinski definition) is 1. The molecule has 0 aliphatic rings. The van der Waals surface area contributed by atoms with Crippen molar-refractivity contribution in [3.05, 3.63) is 30.3 Å². The SMILES string of the molecule is CCOC(=O)C(CC(C)=NNc1ccccc1)C(=O)OCC. The number of benzene rings is 1. The molecule has 0 saturated carbocycles. The molecule has 0 fully saturated rings. The quantitative estimate of drug-likeness (QED) is 0.346. The highest BCUT2D eigenvalue weighted by Crippen LogP contribution is 2.11. The number of nitrogens with one attached hydrogen (secondary N) is 1. The van der Waals surface area contributed by atoms with Crippen molar-refractivity contribution in [1.29, 1.82) is 0 Å². The molecule has 0 spiro atoms. The predicted molar refractivity (Wildman–Crippen MR) is 84.5 cm³/mol.